The molecule has 0 atom stereocenters. The molecule has 0 saturated carbocycles. The fourth-order valence-electron chi connectivity index (χ4n) is 2.58. The van der Waals surface area contributed by atoms with E-state index in [4.69, 9.17) is 9.47 Å². The SMILES string of the molecule is CNc1ncc(-c2cnn(C)c2)c2c(OC)cc(OC)cc12. The number of methoxy groups -OCH3 is 2. The smallest absolute Gasteiger partial charge is 0.133 e. The van der Waals surface area contributed by atoms with Crippen molar-refractivity contribution < 1.29 is 9.47 Å². The summed E-state index contributed by atoms with van der Waals surface area (Å²) in [7, 11) is 7.03. The number of fused-ring (bicyclic) bond motifs is 1. The number of hydrogen-bond acceptors (Lipinski definition) is 5. The van der Waals surface area contributed by atoms with Gasteiger partial charge in [-0.25, -0.2) is 4.98 Å². The summed E-state index contributed by atoms with van der Waals surface area (Å²) in [6, 6.07) is 3.83. The fourth-order valence-corrected chi connectivity index (χ4v) is 2.58. The summed E-state index contributed by atoms with van der Waals surface area (Å²) in [5.41, 5.74) is 1.97. The zero-order chi connectivity index (χ0) is 15.7. The number of nitrogens with one attached hydrogen (secondary N) is 1. The van der Waals surface area contributed by atoms with Crippen molar-refractivity contribution in [2.75, 3.05) is 26.6 Å². The van der Waals surface area contributed by atoms with Gasteiger partial charge >= 0.3 is 0 Å². The molecule has 0 aliphatic rings. The van der Waals surface area contributed by atoms with E-state index in [1.807, 2.05) is 44.8 Å². The first-order chi connectivity index (χ1) is 10.7. The van der Waals surface area contributed by atoms with Gasteiger partial charge in [-0.15, -0.1) is 0 Å². The first-order valence-electron chi connectivity index (χ1n) is 6.89. The number of benzene rings is 1. The van der Waals surface area contributed by atoms with Crippen molar-refractivity contribution in [1.29, 1.82) is 0 Å². The third-order valence-electron chi connectivity index (χ3n) is 3.63. The second-order valence-electron chi connectivity index (χ2n) is 4.93. The Morgan fingerprint density at radius 2 is 1.95 bits per heavy atom. The monoisotopic (exact) mass is 298 g/mol. The van der Waals surface area contributed by atoms with Crippen LogP contribution in [0.2, 0.25) is 0 Å². The van der Waals surface area contributed by atoms with Crippen LogP contribution in [-0.4, -0.2) is 36.0 Å². The molecule has 0 bridgehead atoms. The molecule has 2 aromatic heterocycles. The highest BCUT2D eigenvalue weighted by molar-refractivity contribution is 6.06. The standard InChI is InChI=1S/C16H18N4O2/c1-17-16-12-5-11(21-3)6-14(22-4)15(12)13(8-18-16)10-7-19-20(2)9-10/h5-9H,1-4H3,(H,17,18). The van der Waals surface area contributed by atoms with Gasteiger partial charge in [-0.1, -0.05) is 0 Å². The van der Waals surface area contributed by atoms with E-state index >= 15 is 0 Å². The summed E-state index contributed by atoms with van der Waals surface area (Å²) in [4.78, 5) is 4.50. The zero-order valence-corrected chi connectivity index (χ0v) is 13.0. The minimum atomic E-state index is 0.728. The van der Waals surface area contributed by atoms with Gasteiger partial charge in [-0.2, -0.15) is 5.10 Å². The van der Waals surface area contributed by atoms with Gasteiger partial charge in [0.15, 0.2) is 0 Å². The number of pyridine rings is 1. The van der Waals surface area contributed by atoms with Gasteiger partial charge in [0.05, 0.1) is 20.4 Å². The summed E-state index contributed by atoms with van der Waals surface area (Å²) in [5, 5.41) is 9.28. The van der Waals surface area contributed by atoms with Crippen molar-refractivity contribution in [2.45, 2.75) is 0 Å². The quantitative estimate of drug-likeness (QED) is 0.802. The van der Waals surface area contributed by atoms with Gasteiger partial charge in [0.1, 0.15) is 17.3 Å². The first kappa shape index (κ1) is 14.2. The molecule has 0 aliphatic heterocycles. The summed E-state index contributed by atoms with van der Waals surface area (Å²) < 4.78 is 12.7. The Labute approximate surface area is 128 Å². The maximum absolute atomic E-state index is 5.58. The highest BCUT2D eigenvalue weighted by atomic mass is 16.5. The van der Waals surface area contributed by atoms with E-state index in [9.17, 15) is 0 Å². The highest BCUT2D eigenvalue weighted by Gasteiger charge is 2.16. The van der Waals surface area contributed by atoms with Crippen molar-refractivity contribution >= 4 is 16.6 Å². The molecule has 6 nitrogen and oxygen atoms in total. The first-order valence-corrected chi connectivity index (χ1v) is 6.89. The van der Waals surface area contributed by atoms with Crippen LogP contribution in [0.1, 0.15) is 0 Å². The Balaban J connectivity index is 2.39. The van der Waals surface area contributed by atoms with Crippen LogP contribution in [0.4, 0.5) is 5.82 Å². The van der Waals surface area contributed by atoms with Gasteiger partial charge in [-0.3, -0.25) is 4.68 Å². The fraction of sp³-hybridized carbons (Fsp3) is 0.250. The minimum Gasteiger partial charge on any atom is -0.497 e. The average Bonchev–Trinajstić information content (AvgIpc) is 2.98. The maximum Gasteiger partial charge on any atom is 0.133 e. The predicted molar refractivity (Wildman–Crippen MR) is 86.6 cm³/mol. The van der Waals surface area contributed by atoms with E-state index in [1.54, 1.807) is 18.9 Å². The molecule has 6 heteroatoms. The molecule has 0 saturated heterocycles. The maximum atomic E-state index is 5.58. The molecule has 2 heterocycles. The molecule has 3 rings (SSSR count). The number of hydrogen-bond donors (Lipinski definition) is 1. The average molecular weight is 298 g/mol. The summed E-state index contributed by atoms with van der Waals surface area (Å²) in [5.74, 6) is 2.25. The predicted octanol–water partition coefficient (Wildman–Crippen LogP) is 2.69. The molecule has 0 radical (unpaired) electrons. The Hall–Kier alpha value is -2.76. The number of rotatable bonds is 4. The Kier molecular flexibility index (Phi) is 3.58. The number of aryl methyl sites for hydroxylation is 1. The van der Waals surface area contributed by atoms with Crippen LogP contribution in [-0.2, 0) is 7.05 Å². The second-order valence-corrected chi connectivity index (χ2v) is 4.93. The lowest BCUT2D eigenvalue weighted by molar-refractivity contribution is 0.398. The van der Waals surface area contributed by atoms with Crippen LogP contribution in [0.5, 0.6) is 11.5 Å². The lowest BCUT2D eigenvalue weighted by atomic mass is 10.0. The van der Waals surface area contributed by atoms with E-state index in [0.29, 0.717) is 0 Å². The number of aromatic nitrogens is 3. The molecule has 0 amide bonds. The van der Waals surface area contributed by atoms with Crippen molar-refractivity contribution in [3.63, 3.8) is 0 Å². The molecule has 0 fully saturated rings. The third kappa shape index (κ3) is 2.22. The lowest BCUT2D eigenvalue weighted by Gasteiger charge is -2.14. The van der Waals surface area contributed by atoms with Crippen molar-refractivity contribution in [1.82, 2.24) is 14.8 Å². The topological polar surface area (TPSA) is 61.2 Å². The van der Waals surface area contributed by atoms with Crippen LogP contribution in [0.25, 0.3) is 21.9 Å². The third-order valence-corrected chi connectivity index (χ3v) is 3.63. The van der Waals surface area contributed by atoms with Gasteiger partial charge in [0, 0.05) is 54.5 Å². The number of ether oxygens (including phenoxy) is 2. The van der Waals surface area contributed by atoms with E-state index < -0.39 is 0 Å². The second kappa shape index (κ2) is 5.55. The van der Waals surface area contributed by atoms with Gasteiger partial charge in [0.25, 0.3) is 0 Å². The Bertz CT molecular complexity index is 826. The summed E-state index contributed by atoms with van der Waals surface area (Å²) >= 11 is 0. The number of anilines is 1. The minimum absolute atomic E-state index is 0.728. The Morgan fingerprint density at radius 3 is 2.55 bits per heavy atom. The van der Waals surface area contributed by atoms with E-state index in [0.717, 1.165) is 39.2 Å². The zero-order valence-electron chi connectivity index (χ0n) is 13.0. The summed E-state index contributed by atoms with van der Waals surface area (Å²) in [6.07, 6.45) is 5.61. The van der Waals surface area contributed by atoms with Crippen molar-refractivity contribution in [3.05, 3.63) is 30.7 Å². The van der Waals surface area contributed by atoms with Gasteiger partial charge in [0.2, 0.25) is 0 Å². The van der Waals surface area contributed by atoms with Crippen molar-refractivity contribution in [3.8, 4) is 22.6 Å². The molecule has 1 N–H and O–H groups in total. The Morgan fingerprint density at radius 1 is 1.14 bits per heavy atom. The van der Waals surface area contributed by atoms with Crippen LogP contribution in [0.3, 0.4) is 0 Å². The largest absolute Gasteiger partial charge is 0.497 e. The molecule has 0 spiro atoms. The molecule has 114 valence electrons. The van der Waals surface area contributed by atoms with E-state index in [2.05, 4.69) is 15.4 Å². The molecular formula is C16H18N4O2. The van der Waals surface area contributed by atoms with Gasteiger partial charge in [-0.05, 0) is 6.07 Å². The van der Waals surface area contributed by atoms with Gasteiger partial charge < -0.3 is 14.8 Å². The lowest BCUT2D eigenvalue weighted by Crippen LogP contribution is -1.97. The normalized spacial score (nSPS) is 10.7. The molecule has 0 aliphatic carbocycles. The summed E-state index contributed by atoms with van der Waals surface area (Å²) in [6.45, 7) is 0. The van der Waals surface area contributed by atoms with Crippen LogP contribution in [0, 0.1) is 0 Å². The molecule has 1 aromatic carbocycles. The molecular weight excluding hydrogens is 280 g/mol. The molecule has 22 heavy (non-hydrogen) atoms. The van der Waals surface area contributed by atoms with Crippen LogP contribution in [0.15, 0.2) is 30.7 Å². The molecule has 3 aromatic rings. The molecule has 0 unspecified atom stereocenters. The van der Waals surface area contributed by atoms with E-state index in [-0.39, 0.29) is 0 Å². The van der Waals surface area contributed by atoms with Crippen LogP contribution >= 0.6 is 0 Å². The highest BCUT2D eigenvalue weighted by Crippen LogP contribution is 2.40. The van der Waals surface area contributed by atoms with Crippen molar-refractivity contribution in [2.24, 2.45) is 7.05 Å². The number of nitrogens with zero attached hydrogens (tertiary/aromatic N) is 3. The van der Waals surface area contributed by atoms with Crippen LogP contribution < -0.4 is 14.8 Å². The van der Waals surface area contributed by atoms with E-state index in [1.165, 1.54) is 0 Å².